The maximum atomic E-state index is 13.8. The second-order valence-electron chi connectivity index (χ2n) is 5.35. The van der Waals surface area contributed by atoms with Crippen LogP contribution in [0.1, 0.15) is 35.8 Å². The first kappa shape index (κ1) is 18.4. The SMILES string of the molecule is CCN(CC)[C@H](CNC(=O)c1ccc(OC)c(F)c1)c1ccsc1. The van der Waals surface area contributed by atoms with E-state index < -0.39 is 5.82 Å². The smallest absolute Gasteiger partial charge is 0.251 e. The highest BCUT2D eigenvalue weighted by molar-refractivity contribution is 7.07. The van der Waals surface area contributed by atoms with Crippen LogP contribution in [0.5, 0.6) is 5.75 Å². The van der Waals surface area contributed by atoms with Crippen molar-refractivity contribution in [3.63, 3.8) is 0 Å². The fourth-order valence-corrected chi connectivity index (χ4v) is 3.39. The number of amides is 1. The van der Waals surface area contributed by atoms with Gasteiger partial charge in [-0.05, 0) is 53.7 Å². The minimum atomic E-state index is -0.539. The van der Waals surface area contributed by atoms with Crippen LogP contribution in [-0.2, 0) is 0 Å². The molecule has 1 heterocycles. The monoisotopic (exact) mass is 350 g/mol. The third kappa shape index (κ3) is 4.33. The number of nitrogens with zero attached hydrogens (tertiary/aromatic N) is 1. The van der Waals surface area contributed by atoms with Gasteiger partial charge in [0.15, 0.2) is 11.6 Å². The van der Waals surface area contributed by atoms with Crippen LogP contribution in [0.4, 0.5) is 4.39 Å². The lowest BCUT2D eigenvalue weighted by atomic mass is 10.1. The molecule has 0 aliphatic carbocycles. The first-order chi connectivity index (χ1) is 11.6. The van der Waals surface area contributed by atoms with E-state index in [1.165, 1.54) is 24.8 Å². The van der Waals surface area contributed by atoms with Crippen molar-refractivity contribution in [2.75, 3.05) is 26.7 Å². The molecule has 6 heteroatoms. The van der Waals surface area contributed by atoms with Crippen LogP contribution in [0.3, 0.4) is 0 Å². The number of thiophene rings is 1. The first-order valence-electron chi connectivity index (χ1n) is 7.98. The Morgan fingerprint density at radius 3 is 2.62 bits per heavy atom. The van der Waals surface area contributed by atoms with E-state index in [4.69, 9.17) is 4.74 Å². The molecule has 1 N–H and O–H groups in total. The van der Waals surface area contributed by atoms with Gasteiger partial charge in [0, 0.05) is 12.1 Å². The lowest BCUT2D eigenvalue weighted by Crippen LogP contribution is -2.37. The average molecular weight is 350 g/mol. The first-order valence-corrected chi connectivity index (χ1v) is 8.92. The molecule has 0 spiro atoms. The zero-order valence-corrected chi connectivity index (χ0v) is 15.0. The molecular weight excluding hydrogens is 327 g/mol. The molecule has 0 aliphatic heterocycles. The predicted molar refractivity (Wildman–Crippen MR) is 95.3 cm³/mol. The minimum absolute atomic E-state index is 0.110. The average Bonchev–Trinajstić information content (AvgIpc) is 3.12. The summed E-state index contributed by atoms with van der Waals surface area (Å²) in [6.45, 7) is 6.46. The molecule has 24 heavy (non-hydrogen) atoms. The Morgan fingerprint density at radius 1 is 1.33 bits per heavy atom. The zero-order chi connectivity index (χ0) is 17.5. The Morgan fingerprint density at radius 2 is 2.08 bits per heavy atom. The lowest BCUT2D eigenvalue weighted by Gasteiger charge is -2.29. The van der Waals surface area contributed by atoms with E-state index in [1.54, 1.807) is 17.4 Å². The van der Waals surface area contributed by atoms with Crippen molar-refractivity contribution in [3.05, 3.63) is 52.0 Å². The Kier molecular flexibility index (Phi) is 6.75. The van der Waals surface area contributed by atoms with Crippen LogP contribution >= 0.6 is 11.3 Å². The number of benzene rings is 1. The summed E-state index contributed by atoms with van der Waals surface area (Å²) in [4.78, 5) is 14.6. The second kappa shape index (κ2) is 8.80. The van der Waals surface area contributed by atoms with Crippen molar-refractivity contribution in [1.29, 1.82) is 0 Å². The summed E-state index contributed by atoms with van der Waals surface area (Å²) in [7, 11) is 1.40. The predicted octanol–water partition coefficient (Wildman–Crippen LogP) is 3.71. The molecule has 0 unspecified atom stereocenters. The fourth-order valence-electron chi connectivity index (χ4n) is 2.69. The van der Waals surface area contributed by atoms with Crippen molar-refractivity contribution in [2.24, 2.45) is 0 Å². The highest BCUT2D eigenvalue weighted by Gasteiger charge is 2.20. The van der Waals surface area contributed by atoms with E-state index in [2.05, 4.69) is 35.5 Å². The van der Waals surface area contributed by atoms with Crippen LogP contribution < -0.4 is 10.1 Å². The largest absolute Gasteiger partial charge is 0.494 e. The van der Waals surface area contributed by atoms with Gasteiger partial charge >= 0.3 is 0 Å². The molecule has 1 aromatic heterocycles. The molecule has 1 aromatic carbocycles. The van der Waals surface area contributed by atoms with E-state index in [0.29, 0.717) is 6.54 Å². The normalized spacial score (nSPS) is 12.2. The summed E-state index contributed by atoms with van der Waals surface area (Å²) in [5.41, 5.74) is 1.47. The van der Waals surface area contributed by atoms with Crippen LogP contribution in [0.2, 0.25) is 0 Å². The molecule has 0 saturated carbocycles. The molecule has 0 aliphatic rings. The Balaban J connectivity index is 2.08. The molecule has 4 nitrogen and oxygen atoms in total. The number of methoxy groups -OCH3 is 1. The number of ether oxygens (including phenoxy) is 1. The molecule has 0 bridgehead atoms. The molecule has 0 fully saturated rings. The number of carbonyl (C=O) groups excluding carboxylic acids is 1. The van der Waals surface area contributed by atoms with Crippen molar-refractivity contribution in [3.8, 4) is 5.75 Å². The van der Waals surface area contributed by atoms with Crippen molar-refractivity contribution < 1.29 is 13.9 Å². The minimum Gasteiger partial charge on any atom is -0.494 e. The van der Waals surface area contributed by atoms with Gasteiger partial charge in [-0.3, -0.25) is 9.69 Å². The molecule has 1 atom stereocenters. The topological polar surface area (TPSA) is 41.6 Å². The lowest BCUT2D eigenvalue weighted by molar-refractivity contribution is 0.0934. The highest BCUT2D eigenvalue weighted by atomic mass is 32.1. The molecule has 130 valence electrons. The van der Waals surface area contributed by atoms with Gasteiger partial charge in [0.25, 0.3) is 5.91 Å². The van der Waals surface area contributed by atoms with E-state index in [1.807, 2.05) is 5.38 Å². The summed E-state index contributed by atoms with van der Waals surface area (Å²) in [6, 6.07) is 6.41. The van der Waals surface area contributed by atoms with E-state index >= 15 is 0 Å². The molecule has 2 aromatic rings. The summed E-state index contributed by atoms with van der Waals surface area (Å²) in [6.07, 6.45) is 0. The van der Waals surface area contributed by atoms with Gasteiger partial charge in [-0.25, -0.2) is 4.39 Å². The van der Waals surface area contributed by atoms with Gasteiger partial charge in [0.1, 0.15) is 0 Å². The van der Waals surface area contributed by atoms with Crippen molar-refractivity contribution in [1.82, 2.24) is 10.2 Å². The van der Waals surface area contributed by atoms with Gasteiger partial charge in [0.05, 0.1) is 13.2 Å². The number of likely N-dealkylation sites (N-methyl/N-ethyl adjacent to an activating group) is 1. The zero-order valence-electron chi connectivity index (χ0n) is 14.2. The fraction of sp³-hybridized carbons (Fsp3) is 0.389. The van der Waals surface area contributed by atoms with Crippen LogP contribution in [0.15, 0.2) is 35.0 Å². The van der Waals surface area contributed by atoms with Crippen LogP contribution in [0.25, 0.3) is 0 Å². The van der Waals surface area contributed by atoms with E-state index in [-0.39, 0.29) is 23.3 Å². The maximum absolute atomic E-state index is 13.8. The van der Waals surface area contributed by atoms with Gasteiger partial charge in [-0.1, -0.05) is 13.8 Å². The van der Waals surface area contributed by atoms with Gasteiger partial charge in [-0.2, -0.15) is 11.3 Å². The van der Waals surface area contributed by atoms with Crippen molar-refractivity contribution in [2.45, 2.75) is 19.9 Å². The highest BCUT2D eigenvalue weighted by Crippen LogP contribution is 2.23. The summed E-state index contributed by atoms with van der Waals surface area (Å²) < 4.78 is 18.6. The number of hydrogen-bond donors (Lipinski definition) is 1. The third-order valence-electron chi connectivity index (χ3n) is 4.05. The quantitative estimate of drug-likeness (QED) is 0.789. The van der Waals surface area contributed by atoms with Gasteiger partial charge in [-0.15, -0.1) is 0 Å². The Labute approximate surface area is 146 Å². The van der Waals surface area contributed by atoms with E-state index in [0.717, 1.165) is 13.1 Å². The summed E-state index contributed by atoms with van der Waals surface area (Å²) in [5.74, 6) is -0.696. The molecule has 0 saturated heterocycles. The van der Waals surface area contributed by atoms with E-state index in [9.17, 15) is 9.18 Å². The molecule has 2 rings (SSSR count). The number of nitrogens with one attached hydrogen (secondary N) is 1. The number of halogens is 1. The number of hydrogen-bond acceptors (Lipinski definition) is 4. The van der Waals surface area contributed by atoms with Gasteiger partial charge in [0.2, 0.25) is 0 Å². The summed E-state index contributed by atoms with van der Waals surface area (Å²) in [5, 5.41) is 7.05. The molecule has 1 amide bonds. The standard InChI is InChI=1S/C18H23FN2O2S/c1-4-21(5-2)16(14-8-9-24-12-14)11-20-18(22)13-6-7-17(23-3)15(19)10-13/h6-10,12,16H,4-5,11H2,1-3H3,(H,20,22)/t16-/m1/s1. The summed E-state index contributed by atoms with van der Waals surface area (Å²) >= 11 is 1.64. The Hall–Kier alpha value is -1.92. The Bertz CT molecular complexity index is 657. The maximum Gasteiger partial charge on any atom is 0.251 e. The van der Waals surface area contributed by atoms with Crippen LogP contribution in [0, 0.1) is 5.82 Å². The van der Waals surface area contributed by atoms with Crippen molar-refractivity contribution >= 4 is 17.2 Å². The van der Waals surface area contributed by atoms with Gasteiger partial charge < -0.3 is 10.1 Å². The molecular formula is C18H23FN2O2S. The molecule has 0 radical (unpaired) electrons. The number of rotatable bonds is 8. The van der Waals surface area contributed by atoms with Crippen LogP contribution in [-0.4, -0.2) is 37.6 Å². The number of carbonyl (C=O) groups is 1. The third-order valence-corrected chi connectivity index (χ3v) is 4.75. The second-order valence-corrected chi connectivity index (χ2v) is 6.13.